The van der Waals surface area contributed by atoms with Gasteiger partial charge in [-0.1, -0.05) is 31.0 Å². The lowest BCUT2D eigenvalue weighted by Crippen LogP contribution is -2.47. The molecule has 8 heteroatoms. The summed E-state index contributed by atoms with van der Waals surface area (Å²) in [6, 6.07) is 7.70. The second-order valence-corrected chi connectivity index (χ2v) is 9.19. The van der Waals surface area contributed by atoms with E-state index in [0.717, 1.165) is 62.9 Å². The monoisotopic (exact) mass is 393 g/mol. The van der Waals surface area contributed by atoms with E-state index in [1.807, 2.05) is 24.3 Å². The van der Waals surface area contributed by atoms with Crippen molar-refractivity contribution >= 4 is 27.7 Å². The third kappa shape index (κ3) is 5.09. The Morgan fingerprint density at radius 3 is 2.44 bits per heavy atom. The van der Waals surface area contributed by atoms with Crippen molar-refractivity contribution < 1.29 is 18.4 Å². The molecule has 0 bridgehead atoms. The third-order valence-electron chi connectivity index (χ3n) is 5.37. The van der Waals surface area contributed by atoms with Crippen LogP contribution in [0.25, 0.3) is 6.08 Å². The fourth-order valence-electron chi connectivity index (χ4n) is 3.88. The molecule has 148 valence electrons. The van der Waals surface area contributed by atoms with Gasteiger partial charge >= 0.3 is 0 Å². The largest absolute Gasteiger partial charge is 0.371 e. The standard InChI is InChI=1S/C19H27N3O4S/c23-19(20-24)10-9-15-5-1-4-8-18(15)22-13-11-16(12-14-22)21-27(25,26)17-6-2-3-7-17/h1,4-5,8-10,16-17,21,24H,2-3,6-7,11-14H2,(H,20,23)/b10-9+. The average Bonchev–Trinajstić information content (AvgIpc) is 3.22. The molecule has 1 aliphatic heterocycles. The maximum absolute atomic E-state index is 12.5. The van der Waals surface area contributed by atoms with Crippen LogP contribution < -0.4 is 15.1 Å². The number of nitrogens with one attached hydrogen (secondary N) is 2. The first kappa shape index (κ1) is 19.9. The van der Waals surface area contributed by atoms with Crippen LogP contribution in [0, 0.1) is 0 Å². The number of rotatable bonds is 6. The number of anilines is 1. The summed E-state index contributed by atoms with van der Waals surface area (Å²) in [5.74, 6) is -0.579. The van der Waals surface area contributed by atoms with Crippen LogP contribution >= 0.6 is 0 Å². The van der Waals surface area contributed by atoms with Gasteiger partial charge in [0.2, 0.25) is 10.0 Å². The summed E-state index contributed by atoms with van der Waals surface area (Å²) in [6.45, 7) is 1.49. The van der Waals surface area contributed by atoms with Crippen molar-refractivity contribution in [3.8, 4) is 0 Å². The molecule has 0 unspecified atom stereocenters. The molecule has 0 radical (unpaired) electrons. The van der Waals surface area contributed by atoms with Gasteiger partial charge in [0.05, 0.1) is 5.25 Å². The Balaban J connectivity index is 1.61. The Hall–Kier alpha value is -1.90. The zero-order valence-corrected chi connectivity index (χ0v) is 16.1. The fraction of sp³-hybridized carbons (Fsp3) is 0.526. The number of hydrogen-bond donors (Lipinski definition) is 3. The molecule has 0 spiro atoms. The highest BCUT2D eigenvalue weighted by Gasteiger charge is 2.32. The Labute approximate surface area is 160 Å². The summed E-state index contributed by atoms with van der Waals surface area (Å²) in [7, 11) is -3.22. The smallest absolute Gasteiger partial charge is 0.267 e. The highest BCUT2D eigenvalue weighted by molar-refractivity contribution is 7.90. The van der Waals surface area contributed by atoms with E-state index in [2.05, 4.69) is 9.62 Å². The van der Waals surface area contributed by atoms with Gasteiger partial charge in [-0.2, -0.15) is 0 Å². The molecular weight excluding hydrogens is 366 g/mol. The molecule has 1 saturated heterocycles. The van der Waals surface area contributed by atoms with Crippen LogP contribution in [0.1, 0.15) is 44.1 Å². The highest BCUT2D eigenvalue weighted by atomic mass is 32.2. The number of carbonyl (C=O) groups excluding carboxylic acids is 1. The predicted molar refractivity (Wildman–Crippen MR) is 105 cm³/mol. The third-order valence-corrected chi connectivity index (χ3v) is 7.38. The lowest BCUT2D eigenvalue weighted by molar-refractivity contribution is -0.124. The van der Waals surface area contributed by atoms with Crippen molar-refractivity contribution in [2.24, 2.45) is 0 Å². The van der Waals surface area contributed by atoms with Crippen molar-refractivity contribution in [2.75, 3.05) is 18.0 Å². The molecule has 3 N–H and O–H groups in total. The van der Waals surface area contributed by atoms with Gasteiger partial charge < -0.3 is 4.90 Å². The zero-order valence-electron chi connectivity index (χ0n) is 15.3. The zero-order chi connectivity index (χ0) is 19.3. The summed E-state index contributed by atoms with van der Waals surface area (Å²) < 4.78 is 27.9. The number of hydroxylamine groups is 1. The van der Waals surface area contributed by atoms with E-state index < -0.39 is 15.9 Å². The topological polar surface area (TPSA) is 98.7 Å². The molecule has 1 aromatic rings. The molecule has 2 fully saturated rings. The number of para-hydroxylation sites is 1. The van der Waals surface area contributed by atoms with E-state index in [1.54, 1.807) is 11.6 Å². The Kier molecular flexibility index (Phi) is 6.51. The van der Waals surface area contributed by atoms with Crippen LogP contribution in [0.5, 0.6) is 0 Å². The first-order valence-electron chi connectivity index (χ1n) is 9.47. The molecule has 27 heavy (non-hydrogen) atoms. The molecule has 1 amide bonds. The summed E-state index contributed by atoms with van der Waals surface area (Å²) in [5, 5.41) is 8.39. The average molecular weight is 394 g/mol. The number of carbonyl (C=O) groups is 1. The van der Waals surface area contributed by atoms with Crippen LogP contribution in [0.2, 0.25) is 0 Å². The van der Waals surface area contributed by atoms with Gasteiger partial charge in [0.15, 0.2) is 0 Å². The molecule has 2 aliphatic rings. The quantitative estimate of drug-likeness (QED) is 0.390. The van der Waals surface area contributed by atoms with Crippen molar-refractivity contribution in [3.05, 3.63) is 35.9 Å². The lowest BCUT2D eigenvalue weighted by atomic mass is 10.0. The van der Waals surface area contributed by atoms with Crippen LogP contribution in [0.15, 0.2) is 30.3 Å². The van der Waals surface area contributed by atoms with Crippen LogP contribution in [-0.4, -0.2) is 43.9 Å². The Morgan fingerprint density at radius 1 is 1.11 bits per heavy atom. The Morgan fingerprint density at radius 2 is 1.78 bits per heavy atom. The van der Waals surface area contributed by atoms with Gasteiger partial charge in [-0.3, -0.25) is 10.0 Å². The maximum atomic E-state index is 12.5. The van der Waals surface area contributed by atoms with Crippen LogP contribution in [0.4, 0.5) is 5.69 Å². The minimum absolute atomic E-state index is 0.0188. The molecule has 1 saturated carbocycles. The summed E-state index contributed by atoms with van der Waals surface area (Å²) >= 11 is 0. The van der Waals surface area contributed by atoms with E-state index in [0.29, 0.717) is 0 Å². The molecule has 1 heterocycles. The molecule has 1 aliphatic carbocycles. The first-order chi connectivity index (χ1) is 13.0. The molecular formula is C19H27N3O4S. The second kappa shape index (κ2) is 8.86. The molecule has 0 atom stereocenters. The van der Waals surface area contributed by atoms with Crippen molar-refractivity contribution in [2.45, 2.75) is 49.8 Å². The lowest BCUT2D eigenvalue weighted by Gasteiger charge is -2.35. The normalized spacial score (nSPS) is 19.7. The minimum atomic E-state index is -3.22. The summed E-state index contributed by atoms with van der Waals surface area (Å²) in [5.41, 5.74) is 3.46. The highest BCUT2D eigenvalue weighted by Crippen LogP contribution is 2.27. The number of nitrogens with zero attached hydrogens (tertiary/aromatic N) is 1. The van der Waals surface area contributed by atoms with E-state index in [-0.39, 0.29) is 11.3 Å². The van der Waals surface area contributed by atoms with Crippen molar-refractivity contribution in [3.63, 3.8) is 0 Å². The molecule has 1 aromatic carbocycles. The van der Waals surface area contributed by atoms with Crippen molar-refractivity contribution in [1.29, 1.82) is 0 Å². The van der Waals surface area contributed by atoms with Crippen LogP contribution in [-0.2, 0) is 14.8 Å². The number of piperidine rings is 1. The van der Waals surface area contributed by atoms with Gasteiger partial charge in [-0.05, 0) is 43.4 Å². The maximum Gasteiger partial charge on any atom is 0.267 e. The molecule has 0 aromatic heterocycles. The summed E-state index contributed by atoms with van der Waals surface area (Å²) in [4.78, 5) is 13.4. The minimum Gasteiger partial charge on any atom is -0.371 e. The molecule has 3 rings (SSSR count). The van der Waals surface area contributed by atoms with E-state index in [4.69, 9.17) is 5.21 Å². The predicted octanol–water partition coefficient (Wildman–Crippen LogP) is 2.04. The first-order valence-corrected chi connectivity index (χ1v) is 11.0. The van der Waals surface area contributed by atoms with Gasteiger partial charge in [0.1, 0.15) is 0 Å². The SMILES string of the molecule is O=C(/C=C/c1ccccc1N1CCC(NS(=O)(=O)C2CCCC2)CC1)NO. The second-order valence-electron chi connectivity index (χ2n) is 7.20. The number of amides is 1. The van der Waals surface area contributed by atoms with Gasteiger partial charge in [0, 0.05) is 30.9 Å². The van der Waals surface area contributed by atoms with E-state index >= 15 is 0 Å². The Bertz CT molecular complexity index is 780. The van der Waals surface area contributed by atoms with Crippen LogP contribution in [0.3, 0.4) is 0 Å². The van der Waals surface area contributed by atoms with Gasteiger partial charge in [-0.15, -0.1) is 0 Å². The fourth-order valence-corrected chi connectivity index (χ4v) is 5.73. The number of hydrogen-bond acceptors (Lipinski definition) is 5. The summed E-state index contributed by atoms with van der Waals surface area (Å²) in [6.07, 6.45) is 8.00. The van der Waals surface area contributed by atoms with E-state index in [1.165, 1.54) is 6.08 Å². The number of benzene rings is 1. The molecule has 7 nitrogen and oxygen atoms in total. The van der Waals surface area contributed by atoms with Crippen molar-refractivity contribution in [1.82, 2.24) is 10.2 Å². The van der Waals surface area contributed by atoms with Gasteiger partial charge in [-0.25, -0.2) is 18.6 Å². The van der Waals surface area contributed by atoms with Gasteiger partial charge in [0.25, 0.3) is 5.91 Å². The number of sulfonamides is 1. The van der Waals surface area contributed by atoms with E-state index in [9.17, 15) is 13.2 Å².